The molecular weight excluding hydrogens is 211 g/mol. The van der Waals surface area contributed by atoms with E-state index in [-0.39, 0.29) is 11.3 Å². The second-order valence-electron chi connectivity index (χ2n) is 3.00. The molecule has 0 aliphatic rings. The van der Waals surface area contributed by atoms with Crippen LogP contribution >= 0.6 is 0 Å². The third-order valence-corrected chi connectivity index (χ3v) is 1.64. The monoisotopic (exact) mass is 221 g/mol. The molecule has 0 aliphatic heterocycles. The average molecular weight is 221 g/mol. The lowest BCUT2D eigenvalue weighted by Gasteiger charge is -2.12. The highest BCUT2D eigenvalue weighted by atomic mass is 19.4. The van der Waals surface area contributed by atoms with Crippen molar-refractivity contribution in [3.8, 4) is 5.75 Å². The summed E-state index contributed by atoms with van der Waals surface area (Å²) in [5.41, 5.74) is 0.772. The number of hydrogen-bond acceptors (Lipinski definition) is 3. The molecule has 0 aliphatic carbocycles. The van der Waals surface area contributed by atoms with Crippen molar-refractivity contribution in [1.29, 1.82) is 0 Å². The van der Waals surface area contributed by atoms with E-state index < -0.39 is 19.4 Å². The number of halogens is 3. The van der Waals surface area contributed by atoms with Crippen molar-refractivity contribution in [3.63, 3.8) is 0 Å². The quantitative estimate of drug-likeness (QED) is 0.846. The molecule has 1 heterocycles. The van der Waals surface area contributed by atoms with E-state index in [2.05, 4.69) is 9.72 Å². The van der Waals surface area contributed by atoms with Crippen LogP contribution in [-0.2, 0) is 6.61 Å². The van der Waals surface area contributed by atoms with Crippen LogP contribution in [0.3, 0.4) is 0 Å². The third kappa shape index (κ3) is 3.75. The first-order chi connectivity index (χ1) is 6.92. The molecule has 1 N–H and O–H groups in total. The van der Waals surface area contributed by atoms with E-state index in [9.17, 15) is 13.2 Å². The first-order valence-electron chi connectivity index (χ1n) is 4.18. The minimum Gasteiger partial charge on any atom is -0.484 e. The van der Waals surface area contributed by atoms with Crippen LogP contribution in [0.1, 0.15) is 11.3 Å². The molecule has 0 unspecified atom stereocenters. The molecule has 6 heteroatoms. The summed E-state index contributed by atoms with van der Waals surface area (Å²) in [5, 5.41) is 8.84. The fourth-order valence-electron chi connectivity index (χ4n) is 0.976. The Labute approximate surface area is 84.5 Å². The molecule has 0 atom stereocenters. The van der Waals surface area contributed by atoms with E-state index in [0.29, 0.717) is 5.69 Å². The summed E-state index contributed by atoms with van der Waals surface area (Å²) in [7, 11) is 0. The molecule has 0 amide bonds. The van der Waals surface area contributed by atoms with Gasteiger partial charge in [0.15, 0.2) is 6.61 Å². The summed E-state index contributed by atoms with van der Waals surface area (Å²) in [5.74, 6) is 0.0160. The zero-order valence-corrected chi connectivity index (χ0v) is 8.01. The fourth-order valence-corrected chi connectivity index (χ4v) is 0.976. The lowest BCUT2D eigenvalue weighted by atomic mass is 10.2. The number of alkyl halides is 3. The van der Waals surface area contributed by atoms with Gasteiger partial charge in [0.2, 0.25) is 0 Å². The van der Waals surface area contributed by atoms with Gasteiger partial charge in [0.1, 0.15) is 5.75 Å². The highest BCUT2D eigenvalue weighted by Crippen LogP contribution is 2.22. The molecule has 0 radical (unpaired) electrons. The predicted molar refractivity (Wildman–Crippen MR) is 46.4 cm³/mol. The SMILES string of the molecule is Cc1cc(OCC(F)(F)F)c(CO)cn1. The van der Waals surface area contributed by atoms with Crippen LogP contribution in [0.2, 0.25) is 0 Å². The van der Waals surface area contributed by atoms with Gasteiger partial charge in [-0.25, -0.2) is 0 Å². The largest absolute Gasteiger partial charge is 0.484 e. The van der Waals surface area contributed by atoms with Gasteiger partial charge >= 0.3 is 6.18 Å². The molecule has 0 saturated carbocycles. The molecule has 0 spiro atoms. The molecule has 0 fully saturated rings. The van der Waals surface area contributed by atoms with E-state index in [1.165, 1.54) is 12.3 Å². The third-order valence-electron chi connectivity index (χ3n) is 1.64. The van der Waals surface area contributed by atoms with Crippen molar-refractivity contribution in [1.82, 2.24) is 4.98 Å². The highest BCUT2D eigenvalue weighted by molar-refractivity contribution is 5.32. The Balaban J connectivity index is 2.79. The van der Waals surface area contributed by atoms with E-state index in [4.69, 9.17) is 5.11 Å². The Morgan fingerprint density at radius 1 is 1.47 bits per heavy atom. The van der Waals surface area contributed by atoms with Gasteiger partial charge in [-0.1, -0.05) is 0 Å². The van der Waals surface area contributed by atoms with Crippen molar-refractivity contribution in [3.05, 3.63) is 23.5 Å². The van der Waals surface area contributed by atoms with Crippen molar-refractivity contribution in [2.24, 2.45) is 0 Å². The van der Waals surface area contributed by atoms with Crippen LogP contribution in [-0.4, -0.2) is 22.9 Å². The normalized spacial score (nSPS) is 11.5. The second-order valence-corrected chi connectivity index (χ2v) is 3.00. The minimum atomic E-state index is -4.39. The highest BCUT2D eigenvalue weighted by Gasteiger charge is 2.28. The van der Waals surface area contributed by atoms with Gasteiger partial charge in [-0.05, 0) is 6.92 Å². The smallest absolute Gasteiger partial charge is 0.422 e. The molecule has 0 aromatic carbocycles. The van der Waals surface area contributed by atoms with Gasteiger partial charge < -0.3 is 9.84 Å². The zero-order valence-electron chi connectivity index (χ0n) is 8.01. The van der Waals surface area contributed by atoms with Crippen LogP contribution in [0.5, 0.6) is 5.75 Å². The molecular formula is C9H10F3NO2. The Bertz CT molecular complexity index is 339. The van der Waals surface area contributed by atoms with Gasteiger partial charge in [0.25, 0.3) is 0 Å². The minimum absolute atomic E-state index is 0.0160. The lowest BCUT2D eigenvalue weighted by molar-refractivity contribution is -0.153. The fraction of sp³-hybridized carbons (Fsp3) is 0.444. The summed E-state index contributed by atoms with van der Waals surface area (Å²) in [6.45, 7) is -0.147. The van der Waals surface area contributed by atoms with Crippen molar-refractivity contribution >= 4 is 0 Å². The maximum Gasteiger partial charge on any atom is 0.422 e. The van der Waals surface area contributed by atoms with Crippen LogP contribution in [0.15, 0.2) is 12.3 Å². The van der Waals surface area contributed by atoms with Gasteiger partial charge in [0, 0.05) is 23.5 Å². The number of aliphatic hydroxyl groups excluding tert-OH is 1. The summed E-state index contributed by atoms with van der Waals surface area (Å²) in [6, 6.07) is 1.36. The Morgan fingerprint density at radius 2 is 2.13 bits per heavy atom. The number of aliphatic hydroxyl groups is 1. The van der Waals surface area contributed by atoms with Crippen molar-refractivity contribution in [2.45, 2.75) is 19.7 Å². The number of aryl methyl sites for hydroxylation is 1. The predicted octanol–water partition coefficient (Wildman–Crippen LogP) is 1.82. The number of rotatable bonds is 3. The zero-order chi connectivity index (χ0) is 11.5. The summed E-state index contributed by atoms with van der Waals surface area (Å²) >= 11 is 0. The molecule has 1 rings (SSSR count). The Kier molecular flexibility index (Phi) is 3.52. The van der Waals surface area contributed by atoms with Gasteiger partial charge in [-0.3, -0.25) is 4.98 Å². The maximum atomic E-state index is 11.9. The van der Waals surface area contributed by atoms with Crippen molar-refractivity contribution in [2.75, 3.05) is 6.61 Å². The topological polar surface area (TPSA) is 42.4 Å². The Hall–Kier alpha value is -1.30. The number of ether oxygens (including phenoxy) is 1. The standard InChI is InChI=1S/C9H10F3NO2/c1-6-2-8(7(4-14)3-13-6)15-5-9(10,11)12/h2-3,14H,4-5H2,1H3. The maximum absolute atomic E-state index is 11.9. The van der Waals surface area contributed by atoms with E-state index >= 15 is 0 Å². The van der Waals surface area contributed by atoms with Gasteiger partial charge in [-0.2, -0.15) is 13.2 Å². The molecule has 1 aromatic heterocycles. The summed E-state index contributed by atoms with van der Waals surface area (Å²) in [4.78, 5) is 3.83. The van der Waals surface area contributed by atoms with E-state index in [1.54, 1.807) is 6.92 Å². The van der Waals surface area contributed by atoms with Gasteiger partial charge in [-0.15, -0.1) is 0 Å². The van der Waals surface area contributed by atoms with Crippen LogP contribution < -0.4 is 4.74 Å². The van der Waals surface area contributed by atoms with Crippen molar-refractivity contribution < 1.29 is 23.0 Å². The lowest BCUT2D eigenvalue weighted by Crippen LogP contribution is -2.19. The molecule has 1 aromatic rings. The number of hydrogen-bond donors (Lipinski definition) is 1. The first-order valence-corrected chi connectivity index (χ1v) is 4.18. The molecule has 15 heavy (non-hydrogen) atoms. The van der Waals surface area contributed by atoms with Gasteiger partial charge in [0.05, 0.1) is 6.61 Å². The number of pyridine rings is 1. The number of aromatic nitrogens is 1. The van der Waals surface area contributed by atoms with Crippen LogP contribution in [0.4, 0.5) is 13.2 Å². The number of nitrogens with zero attached hydrogens (tertiary/aromatic N) is 1. The molecule has 0 bridgehead atoms. The van der Waals surface area contributed by atoms with E-state index in [0.717, 1.165) is 0 Å². The Morgan fingerprint density at radius 3 is 2.67 bits per heavy atom. The second kappa shape index (κ2) is 4.48. The van der Waals surface area contributed by atoms with Crippen LogP contribution in [0.25, 0.3) is 0 Å². The van der Waals surface area contributed by atoms with E-state index in [1.807, 2.05) is 0 Å². The average Bonchev–Trinajstić information content (AvgIpc) is 2.14. The van der Waals surface area contributed by atoms with Crippen LogP contribution in [0, 0.1) is 6.92 Å². The first kappa shape index (κ1) is 11.8. The molecule has 3 nitrogen and oxygen atoms in total. The molecule has 0 saturated heterocycles. The molecule has 84 valence electrons. The summed E-state index contributed by atoms with van der Waals surface area (Å²) in [6.07, 6.45) is -3.09. The summed E-state index contributed by atoms with van der Waals surface area (Å²) < 4.78 is 40.2.